The third-order valence-corrected chi connectivity index (χ3v) is 8.28. The Morgan fingerprint density at radius 3 is 2.55 bits per heavy atom. The van der Waals surface area contributed by atoms with Crippen LogP contribution < -0.4 is 5.32 Å². The van der Waals surface area contributed by atoms with Crippen LogP contribution in [0.3, 0.4) is 0 Å². The first-order chi connectivity index (χ1) is 14.5. The van der Waals surface area contributed by atoms with Crippen LogP contribution in [0, 0.1) is 16.7 Å². The predicted molar refractivity (Wildman–Crippen MR) is 122 cm³/mol. The lowest BCUT2D eigenvalue weighted by atomic mass is 9.70. The second kappa shape index (κ2) is 7.79. The Balaban J connectivity index is 1.44. The smallest absolute Gasteiger partial charge is 0.342 e. The molecule has 0 aromatic heterocycles. The highest BCUT2D eigenvalue weighted by molar-refractivity contribution is 6.35. The van der Waals surface area contributed by atoms with E-state index in [-0.39, 0.29) is 45.6 Å². The Labute approximate surface area is 192 Å². The summed E-state index contributed by atoms with van der Waals surface area (Å²) in [4.78, 5) is 12.8. The number of nitrogens with one attached hydrogen (secondary N) is 1. The van der Waals surface area contributed by atoms with E-state index in [0.29, 0.717) is 22.2 Å². The van der Waals surface area contributed by atoms with Gasteiger partial charge in [-0.15, -0.1) is 0 Å². The van der Waals surface area contributed by atoms with Crippen LogP contribution in [-0.2, 0) is 11.3 Å². The van der Waals surface area contributed by atoms with E-state index in [1.807, 2.05) is 0 Å². The molecule has 2 fully saturated rings. The molecule has 0 aliphatic heterocycles. The van der Waals surface area contributed by atoms with Gasteiger partial charge in [0, 0.05) is 34.3 Å². The van der Waals surface area contributed by atoms with Gasteiger partial charge in [-0.3, -0.25) is 0 Å². The fourth-order valence-electron chi connectivity index (χ4n) is 5.27. The van der Waals surface area contributed by atoms with Gasteiger partial charge in [-0.25, -0.2) is 4.79 Å². The van der Waals surface area contributed by atoms with E-state index >= 15 is 0 Å². The van der Waals surface area contributed by atoms with E-state index in [2.05, 4.69) is 26.1 Å². The van der Waals surface area contributed by atoms with Gasteiger partial charge in [-0.1, -0.05) is 44.0 Å². The second-order valence-electron chi connectivity index (χ2n) is 9.49. The highest BCUT2D eigenvalue weighted by Crippen LogP contribution is 2.66. The number of esters is 1. The van der Waals surface area contributed by atoms with Gasteiger partial charge in [-0.05, 0) is 54.9 Å². The van der Waals surface area contributed by atoms with Crippen LogP contribution in [0.25, 0.3) is 0 Å². The second-order valence-corrected chi connectivity index (χ2v) is 10.3. The summed E-state index contributed by atoms with van der Waals surface area (Å²) in [5.74, 6) is -0.147. The number of benzene rings is 2. The third-order valence-electron chi connectivity index (χ3n) is 7.77. The average molecular weight is 464 g/mol. The summed E-state index contributed by atoms with van der Waals surface area (Å²) in [5.41, 5.74) is 1.35. The summed E-state index contributed by atoms with van der Waals surface area (Å²) in [6.07, 6.45) is 2.97. The number of aromatic hydroxyl groups is 2. The van der Waals surface area contributed by atoms with Crippen LogP contribution in [0.2, 0.25) is 10.0 Å². The van der Waals surface area contributed by atoms with E-state index in [4.69, 9.17) is 27.9 Å². The molecule has 0 heterocycles. The SMILES string of the molecule is CC1(C)[C@@H]2CC[C@@]1(C)[C@@H](OC(=O)c1ccc(NCc3cc(Cl)cc(Cl)c3O)cc1O)C2. The number of ether oxygens (including phenoxy) is 1. The molecule has 2 aliphatic carbocycles. The van der Waals surface area contributed by atoms with Crippen LogP contribution in [0.1, 0.15) is 56.0 Å². The van der Waals surface area contributed by atoms with Gasteiger partial charge >= 0.3 is 5.97 Å². The number of carbonyl (C=O) groups is 1. The monoisotopic (exact) mass is 463 g/mol. The van der Waals surface area contributed by atoms with E-state index in [1.165, 1.54) is 18.6 Å². The van der Waals surface area contributed by atoms with Crippen LogP contribution in [-0.4, -0.2) is 22.3 Å². The molecule has 0 spiro atoms. The van der Waals surface area contributed by atoms with E-state index in [1.54, 1.807) is 18.2 Å². The van der Waals surface area contributed by atoms with Gasteiger partial charge in [0.2, 0.25) is 0 Å². The normalized spacial score (nSPS) is 26.1. The van der Waals surface area contributed by atoms with Crippen molar-refractivity contribution in [1.82, 2.24) is 0 Å². The van der Waals surface area contributed by atoms with Crippen molar-refractivity contribution in [2.75, 3.05) is 5.32 Å². The molecule has 2 aliphatic rings. The van der Waals surface area contributed by atoms with Crippen LogP contribution in [0.15, 0.2) is 30.3 Å². The number of carbonyl (C=O) groups excluding carboxylic acids is 1. The number of phenolic OH excluding ortho intramolecular Hbond substituents is 2. The summed E-state index contributed by atoms with van der Waals surface area (Å²) in [7, 11) is 0. The molecule has 0 radical (unpaired) electrons. The molecule has 3 atom stereocenters. The van der Waals surface area contributed by atoms with E-state index < -0.39 is 5.97 Å². The van der Waals surface area contributed by atoms with E-state index in [9.17, 15) is 15.0 Å². The molecule has 2 bridgehead atoms. The van der Waals surface area contributed by atoms with Crippen molar-refractivity contribution >= 4 is 34.9 Å². The lowest BCUT2D eigenvalue weighted by molar-refractivity contribution is -0.0244. The Morgan fingerprint density at radius 2 is 1.94 bits per heavy atom. The van der Waals surface area contributed by atoms with Crippen molar-refractivity contribution < 1.29 is 19.7 Å². The zero-order chi connectivity index (χ0) is 22.6. The van der Waals surface area contributed by atoms with Crippen molar-refractivity contribution in [3.63, 3.8) is 0 Å². The molecule has 4 rings (SSSR count). The maximum absolute atomic E-state index is 12.8. The Bertz CT molecular complexity index is 1040. The number of hydrogen-bond donors (Lipinski definition) is 3. The lowest BCUT2D eigenvalue weighted by Crippen LogP contribution is -2.38. The fraction of sp³-hybridized carbons (Fsp3) is 0.458. The molecule has 5 nitrogen and oxygen atoms in total. The maximum atomic E-state index is 12.8. The average Bonchev–Trinajstić information content (AvgIpc) is 3.03. The quantitative estimate of drug-likeness (QED) is 0.447. The Morgan fingerprint density at radius 1 is 1.19 bits per heavy atom. The number of hydrogen-bond acceptors (Lipinski definition) is 5. The van der Waals surface area contributed by atoms with Gasteiger partial charge in [-0.2, -0.15) is 0 Å². The minimum Gasteiger partial charge on any atom is -0.507 e. The molecule has 0 unspecified atom stereocenters. The largest absolute Gasteiger partial charge is 0.507 e. The summed E-state index contributed by atoms with van der Waals surface area (Å²) in [6.45, 7) is 6.98. The van der Waals surface area contributed by atoms with Crippen molar-refractivity contribution in [2.24, 2.45) is 16.7 Å². The molecule has 0 amide bonds. The van der Waals surface area contributed by atoms with Gasteiger partial charge in [0.15, 0.2) is 0 Å². The summed E-state index contributed by atoms with van der Waals surface area (Å²) in [5, 5.41) is 24.2. The summed E-state index contributed by atoms with van der Waals surface area (Å²) < 4.78 is 5.88. The first-order valence-corrected chi connectivity index (χ1v) is 11.2. The Hall–Kier alpha value is -2.11. The van der Waals surface area contributed by atoms with Crippen LogP contribution in [0.5, 0.6) is 11.5 Å². The molecular formula is C24H27Cl2NO4. The molecule has 7 heteroatoms. The molecule has 31 heavy (non-hydrogen) atoms. The highest BCUT2D eigenvalue weighted by atomic mass is 35.5. The lowest BCUT2D eigenvalue weighted by Gasteiger charge is -2.38. The zero-order valence-electron chi connectivity index (χ0n) is 17.8. The highest BCUT2D eigenvalue weighted by Gasteiger charge is 2.62. The maximum Gasteiger partial charge on any atom is 0.342 e. The van der Waals surface area contributed by atoms with Crippen molar-refractivity contribution in [2.45, 2.75) is 52.7 Å². The first kappa shape index (κ1) is 22.1. The predicted octanol–water partition coefficient (Wildman–Crippen LogP) is 6.39. The van der Waals surface area contributed by atoms with Gasteiger partial charge < -0.3 is 20.3 Å². The van der Waals surface area contributed by atoms with E-state index in [0.717, 1.165) is 12.8 Å². The minimum atomic E-state index is -0.502. The minimum absolute atomic E-state index is 0.0370. The van der Waals surface area contributed by atoms with Gasteiger partial charge in [0.05, 0.1) is 5.02 Å². The molecular weight excluding hydrogens is 437 g/mol. The summed E-state index contributed by atoms with van der Waals surface area (Å²) >= 11 is 11.9. The molecule has 2 aromatic rings. The van der Waals surface area contributed by atoms with Crippen molar-refractivity contribution in [3.05, 3.63) is 51.5 Å². The summed E-state index contributed by atoms with van der Waals surface area (Å²) in [6, 6.07) is 7.77. The first-order valence-electron chi connectivity index (χ1n) is 10.5. The van der Waals surface area contributed by atoms with Crippen molar-refractivity contribution in [1.29, 1.82) is 0 Å². The van der Waals surface area contributed by atoms with Gasteiger partial charge in [0.25, 0.3) is 0 Å². The number of fused-ring (bicyclic) bond motifs is 2. The number of rotatable bonds is 5. The fourth-order valence-corrected chi connectivity index (χ4v) is 5.80. The number of anilines is 1. The molecule has 2 aromatic carbocycles. The van der Waals surface area contributed by atoms with Crippen molar-refractivity contribution in [3.8, 4) is 11.5 Å². The molecule has 0 saturated heterocycles. The standard InChI is InChI=1S/C24H27Cl2NO4/c1-23(2)14-6-7-24(23,3)20(9-14)31-22(30)17-5-4-16(11-19(17)28)27-12-13-8-15(25)10-18(26)21(13)29/h4-5,8,10-11,14,20,27-29H,6-7,9,12H2,1-3H3/t14-,20+,24+/m1/s1. The molecule has 2 saturated carbocycles. The number of halogens is 2. The van der Waals surface area contributed by atoms with Crippen LogP contribution in [0.4, 0.5) is 5.69 Å². The van der Waals surface area contributed by atoms with Gasteiger partial charge in [0.1, 0.15) is 23.2 Å². The third kappa shape index (κ3) is 3.72. The molecule has 166 valence electrons. The Kier molecular flexibility index (Phi) is 5.55. The zero-order valence-corrected chi connectivity index (χ0v) is 19.3. The topological polar surface area (TPSA) is 78.8 Å². The van der Waals surface area contributed by atoms with Crippen LogP contribution >= 0.6 is 23.2 Å². The molecule has 3 N–H and O–H groups in total. The number of phenols is 2.